The van der Waals surface area contributed by atoms with E-state index in [2.05, 4.69) is 20.4 Å². The smallest absolute Gasteiger partial charge is 0.255 e. The van der Waals surface area contributed by atoms with E-state index >= 15 is 0 Å². The summed E-state index contributed by atoms with van der Waals surface area (Å²) in [5.41, 5.74) is 4.51. The maximum atomic E-state index is 12.4. The van der Waals surface area contributed by atoms with Gasteiger partial charge in [0, 0.05) is 23.0 Å². The summed E-state index contributed by atoms with van der Waals surface area (Å²) in [6, 6.07) is 17.2. The lowest BCUT2D eigenvalue weighted by molar-refractivity contribution is 0.102. The molecule has 0 saturated carbocycles. The third kappa shape index (κ3) is 4.32. The minimum atomic E-state index is -0.295. The maximum Gasteiger partial charge on any atom is 0.255 e. The molecule has 8 heteroatoms. The number of nitrogens with one attached hydrogen (secondary N) is 1. The molecule has 4 aromatic rings. The standard InChI is InChI=1S/C24H20N6O2/c1-15-16(2)29-30(17(15)3)22-12-23(27-14-26-22)32-21-9-7-20(8-10-21)28-24(31)19-6-4-5-18(11-19)13-25/h4-12,14H,1-3H3,(H,28,31). The third-order valence-corrected chi connectivity index (χ3v) is 5.09. The van der Waals surface area contributed by atoms with E-state index in [0.717, 1.165) is 17.0 Å². The highest BCUT2D eigenvalue weighted by atomic mass is 16.5. The molecule has 1 amide bonds. The van der Waals surface area contributed by atoms with Gasteiger partial charge in [-0.2, -0.15) is 10.4 Å². The Balaban J connectivity index is 1.46. The lowest BCUT2D eigenvalue weighted by Gasteiger charge is -2.09. The van der Waals surface area contributed by atoms with Gasteiger partial charge in [0.05, 0.1) is 17.3 Å². The number of aryl methyl sites for hydroxylation is 1. The van der Waals surface area contributed by atoms with Crippen LogP contribution < -0.4 is 10.1 Å². The largest absolute Gasteiger partial charge is 0.439 e. The molecule has 0 saturated heterocycles. The van der Waals surface area contributed by atoms with Crippen LogP contribution in [-0.2, 0) is 0 Å². The Hall–Kier alpha value is -4.51. The number of ether oxygens (including phenoxy) is 1. The van der Waals surface area contributed by atoms with Gasteiger partial charge in [0.1, 0.15) is 12.1 Å². The number of carbonyl (C=O) groups is 1. The van der Waals surface area contributed by atoms with Gasteiger partial charge in [-0.15, -0.1) is 0 Å². The molecule has 0 atom stereocenters. The van der Waals surface area contributed by atoms with E-state index in [1.807, 2.05) is 26.8 Å². The third-order valence-electron chi connectivity index (χ3n) is 5.09. The molecule has 0 aliphatic carbocycles. The Kier molecular flexibility index (Phi) is 5.64. The Morgan fingerprint density at radius 2 is 1.84 bits per heavy atom. The summed E-state index contributed by atoms with van der Waals surface area (Å²) < 4.78 is 7.61. The van der Waals surface area contributed by atoms with Gasteiger partial charge in [-0.1, -0.05) is 6.07 Å². The monoisotopic (exact) mass is 424 g/mol. The van der Waals surface area contributed by atoms with E-state index in [0.29, 0.717) is 34.3 Å². The summed E-state index contributed by atoms with van der Waals surface area (Å²) in [6.45, 7) is 5.97. The quantitative estimate of drug-likeness (QED) is 0.505. The van der Waals surface area contributed by atoms with Crippen LogP contribution in [0.4, 0.5) is 5.69 Å². The fourth-order valence-electron chi connectivity index (χ4n) is 3.11. The van der Waals surface area contributed by atoms with E-state index in [1.165, 1.54) is 6.33 Å². The van der Waals surface area contributed by atoms with Crippen LogP contribution in [0.2, 0.25) is 0 Å². The molecule has 0 bridgehead atoms. The first-order valence-corrected chi connectivity index (χ1v) is 9.89. The number of amides is 1. The number of hydrogen-bond acceptors (Lipinski definition) is 6. The van der Waals surface area contributed by atoms with Crippen molar-refractivity contribution in [2.45, 2.75) is 20.8 Å². The van der Waals surface area contributed by atoms with Crippen LogP contribution in [0.25, 0.3) is 5.82 Å². The fourth-order valence-corrected chi connectivity index (χ4v) is 3.11. The second kappa shape index (κ2) is 8.70. The molecule has 4 rings (SSSR count). The lowest BCUT2D eigenvalue weighted by atomic mass is 10.1. The molecular formula is C24H20N6O2. The average Bonchev–Trinajstić information content (AvgIpc) is 3.08. The van der Waals surface area contributed by atoms with Crippen molar-refractivity contribution in [2.24, 2.45) is 0 Å². The van der Waals surface area contributed by atoms with Crippen molar-refractivity contribution in [3.63, 3.8) is 0 Å². The molecule has 0 fully saturated rings. The van der Waals surface area contributed by atoms with Crippen molar-refractivity contribution >= 4 is 11.6 Å². The summed E-state index contributed by atoms with van der Waals surface area (Å²) in [4.78, 5) is 20.9. The number of anilines is 1. The first kappa shape index (κ1) is 20.8. The summed E-state index contributed by atoms with van der Waals surface area (Å²) in [5, 5.41) is 16.3. The second-order valence-corrected chi connectivity index (χ2v) is 7.20. The van der Waals surface area contributed by atoms with E-state index in [4.69, 9.17) is 10.00 Å². The van der Waals surface area contributed by atoms with E-state index in [-0.39, 0.29) is 5.91 Å². The van der Waals surface area contributed by atoms with E-state index in [9.17, 15) is 4.79 Å². The predicted molar refractivity (Wildman–Crippen MR) is 119 cm³/mol. The molecule has 8 nitrogen and oxygen atoms in total. The van der Waals surface area contributed by atoms with Gasteiger partial charge in [0.15, 0.2) is 5.82 Å². The molecule has 0 radical (unpaired) electrons. The topological polar surface area (TPSA) is 106 Å². The molecule has 2 aromatic heterocycles. The minimum Gasteiger partial charge on any atom is -0.439 e. The van der Waals surface area contributed by atoms with Crippen molar-refractivity contribution in [3.05, 3.63) is 89.0 Å². The number of rotatable bonds is 5. The molecule has 158 valence electrons. The van der Waals surface area contributed by atoms with E-state index in [1.54, 1.807) is 59.3 Å². The van der Waals surface area contributed by atoms with Crippen molar-refractivity contribution in [3.8, 4) is 23.5 Å². The summed E-state index contributed by atoms with van der Waals surface area (Å²) in [5.74, 6) is 1.26. The number of carbonyl (C=O) groups excluding carboxylic acids is 1. The summed E-state index contributed by atoms with van der Waals surface area (Å²) in [7, 11) is 0. The van der Waals surface area contributed by atoms with Gasteiger partial charge >= 0.3 is 0 Å². The maximum absolute atomic E-state index is 12.4. The Morgan fingerprint density at radius 3 is 2.53 bits per heavy atom. The first-order valence-electron chi connectivity index (χ1n) is 9.89. The molecule has 0 aliphatic rings. The number of aromatic nitrogens is 4. The number of hydrogen-bond donors (Lipinski definition) is 1. The van der Waals surface area contributed by atoms with Gasteiger partial charge in [-0.25, -0.2) is 14.6 Å². The van der Waals surface area contributed by atoms with Crippen LogP contribution in [-0.4, -0.2) is 25.7 Å². The molecular weight excluding hydrogens is 404 g/mol. The zero-order valence-corrected chi connectivity index (χ0v) is 17.8. The van der Waals surface area contributed by atoms with Crippen LogP contribution in [0.1, 0.15) is 32.9 Å². The number of nitrogens with zero attached hydrogens (tertiary/aromatic N) is 5. The molecule has 2 aromatic carbocycles. The van der Waals surface area contributed by atoms with Crippen LogP contribution in [0.3, 0.4) is 0 Å². The molecule has 0 unspecified atom stereocenters. The zero-order valence-electron chi connectivity index (χ0n) is 17.8. The molecule has 32 heavy (non-hydrogen) atoms. The zero-order chi connectivity index (χ0) is 22.7. The lowest BCUT2D eigenvalue weighted by Crippen LogP contribution is -2.11. The highest BCUT2D eigenvalue weighted by Gasteiger charge is 2.12. The number of benzene rings is 2. The SMILES string of the molecule is Cc1nn(-c2cc(Oc3ccc(NC(=O)c4cccc(C#N)c4)cc3)ncn2)c(C)c1C. The Bertz CT molecular complexity index is 1340. The van der Waals surface area contributed by atoms with Crippen molar-refractivity contribution in [1.29, 1.82) is 5.26 Å². The van der Waals surface area contributed by atoms with Gasteiger partial charge in [-0.3, -0.25) is 4.79 Å². The first-order chi connectivity index (χ1) is 15.4. The molecule has 0 aliphatic heterocycles. The van der Waals surface area contributed by atoms with Crippen molar-refractivity contribution in [1.82, 2.24) is 19.7 Å². The van der Waals surface area contributed by atoms with Crippen LogP contribution >= 0.6 is 0 Å². The molecule has 2 heterocycles. The minimum absolute atomic E-state index is 0.295. The van der Waals surface area contributed by atoms with Crippen molar-refractivity contribution in [2.75, 3.05) is 5.32 Å². The van der Waals surface area contributed by atoms with Crippen LogP contribution in [0.5, 0.6) is 11.6 Å². The highest BCUT2D eigenvalue weighted by molar-refractivity contribution is 6.04. The van der Waals surface area contributed by atoms with Gasteiger partial charge in [-0.05, 0) is 68.8 Å². The van der Waals surface area contributed by atoms with Crippen LogP contribution in [0, 0.1) is 32.1 Å². The summed E-state index contributed by atoms with van der Waals surface area (Å²) in [6.07, 6.45) is 1.43. The predicted octanol–water partition coefficient (Wildman–Crippen LogP) is 4.50. The Labute approximate surface area is 185 Å². The highest BCUT2D eigenvalue weighted by Crippen LogP contribution is 2.24. The van der Waals surface area contributed by atoms with Gasteiger partial charge < -0.3 is 10.1 Å². The van der Waals surface area contributed by atoms with Crippen LogP contribution in [0.15, 0.2) is 60.9 Å². The Morgan fingerprint density at radius 1 is 1.06 bits per heavy atom. The molecule has 0 spiro atoms. The molecule has 1 N–H and O–H groups in total. The van der Waals surface area contributed by atoms with Crippen molar-refractivity contribution < 1.29 is 9.53 Å². The average molecular weight is 424 g/mol. The second-order valence-electron chi connectivity index (χ2n) is 7.20. The van der Waals surface area contributed by atoms with Gasteiger partial charge in [0.2, 0.25) is 5.88 Å². The fraction of sp³-hybridized carbons (Fsp3) is 0.125. The summed E-state index contributed by atoms with van der Waals surface area (Å²) >= 11 is 0. The normalized spacial score (nSPS) is 10.4. The van der Waals surface area contributed by atoms with Gasteiger partial charge in [0.25, 0.3) is 5.91 Å². The number of nitriles is 1. The van der Waals surface area contributed by atoms with E-state index < -0.39 is 0 Å².